The highest BCUT2D eigenvalue weighted by Crippen LogP contribution is 2.31. The van der Waals surface area contributed by atoms with Crippen LogP contribution >= 0.6 is 0 Å². The van der Waals surface area contributed by atoms with E-state index in [0.717, 1.165) is 27.9 Å². The highest BCUT2D eigenvalue weighted by atomic mass is 16.7. The standard InChI is InChI=1S/C23H20N2O2/c1-26-23(27-2)22-21(24-19-10-6-7-11-20(19)25-22)18-14-12-17(13-15-18)16-8-4-3-5-9-16/h3-15,23H,1-2H3. The molecule has 134 valence electrons. The lowest BCUT2D eigenvalue weighted by Crippen LogP contribution is -2.09. The van der Waals surface area contributed by atoms with E-state index in [1.54, 1.807) is 14.2 Å². The molecule has 0 aliphatic heterocycles. The van der Waals surface area contributed by atoms with Crippen molar-refractivity contribution in [2.75, 3.05) is 14.2 Å². The van der Waals surface area contributed by atoms with Gasteiger partial charge in [0.1, 0.15) is 5.69 Å². The Morgan fingerprint density at radius 2 is 1.11 bits per heavy atom. The number of aromatic nitrogens is 2. The third-order valence-corrected chi connectivity index (χ3v) is 4.51. The van der Waals surface area contributed by atoms with Gasteiger partial charge in [0.2, 0.25) is 6.29 Å². The van der Waals surface area contributed by atoms with Gasteiger partial charge in [0.05, 0.1) is 16.7 Å². The number of para-hydroxylation sites is 2. The van der Waals surface area contributed by atoms with Gasteiger partial charge >= 0.3 is 0 Å². The van der Waals surface area contributed by atoms with Crippen LogP contribution in [0.25, 0.3) is 33.4 Å². The van der Waals surface area contributed by atoms with Crippen molar-refractivity contribution in [2.45, 2.75) is 6.29 Å². The van der Waals surface area contributed by atoms with Crippen molar-refractivity contribution in [3.05, 3.63) is 84.6 Å². The Hall–Kier alpha value is -3.08. The first-order chi connectivity index (χ1) is 13.3. The third kappa shape index (κ3) is 3.45. The molecule has 0 fully saturated rings. The van der Waals surface area contributed by atoms with E-state index < -0.39 is 6.29 Å². The van der Waals surface area contributed by atoms with Crippen LogP contribution in [0.4, 0.5) is 0 Å². The molecule has 0 bridgehead atoms. The predicted octanol–water partition coefficient (Wildman–Crippen LogP) is 5.26. The quantitative estimate of drug-likeness (QED) is 0.458. The lowest BCUT2D eigenvalue weighted by atomic mass is 10.0. The van der Waals surface area contributed by atoms with Gasteiger partial charge in [-0.05, 0) is 23.3 Å². The molecule has 0 saturated heterocycles. The van der Waals surface area contributed by atoms with Crippen LogP contribution in [0, 0.1) is 0 Å². The van der Waals surface area contributed by atoms with Crippen molar-refractivity contribution >= 4 is 11.0 Å². The van der Waals surface area contributed by atoms with Crippen LogP contribution in [-0.2, 0) is 9.47 Å². The van der Waals surface area contributed by atoms with E-state index in [4.69, 9.17) is 19.4 Å². The average molecular weight is 356 g/mol. The van der Waals surface area contributed by atoms with Crippen molar-refractivity contribution < 1.29 is 9.47 Å². The number of ether oxygens (including phenoxy) is 2. The molecule has 4 heteroatoms. The fourth-order valence-corrected chi connectivity index (χ4v) is 3.16. The van der Waals surface area contributed by atoms with Crippen LogP contribution in [-0.4, -0.2) is 24.2 Å². The molecule has 0 atom stereocenters. The second-order valence-corrected chi connectivity index (χ2v) is 6.19. The second-order valence-electron chi connectivity index (χ2n) is 6.19. The van der Waals surface area contributed by atoms with Crippen LogP contribution in [0.2, 0.25) is 0 Å². The molecule has 0 aliphatic carbocycles. The fraction of sp³-hybridized carbons (Fsp3) is 0.130. The maximum Gasteiger partial charge on any atom is 0.202 e. The molecule has 4 aromatic rings. The molecular formula is C23H20N2O2. The summed E-state index contributed by atoms with van der Waals surface area (Å²) in [5.74, 6) is 0. The summed E-state index contributed by atoms with van der Waals surface area (Å²) in [5, 5.41) is 0. The molecule has 0 amide bonds. The maximum absolute atomic E-state index is 5.46. The number of benzene rings is 3. The Kier molecular flexibility index (Phi) is 4.92. The first-order valence-corrected chi connectivity index (χ1v) is 8.78. The zero-order valence-electron chi connectivity index (χ0n) is 15.3. The van der Waals surface area contributed by atoms with E-state index in [2.05, 4.69) is 36.4 Å². The van der Waals surface area contributed by atoms with Gasteiger partial charge in [0.15, 0.2) is 0 Å². The molecule has 3 aromatic carbocycles. The molecule has 0 spiro atoms. The van der Waals surface area contributed by atoms with Gasteiger partial charge in [-0.15, -0.1) is 0 Å². The summed E-state index contributed by atoms with van der Waals surface area (Å²) in [7, 11) is 3.21. The Labute approximate surface area is 158 Å². The normalized spacial score (nSPS) is 11.2. The molecule has 4 rings (SSSR count). The van der Waals surface area contributed by atoms with Crippen molar-refractivity contribution in [1.82, 2.24) is 9.97 Å². The Morgan fingerprint density at radius 3 is 1.74 bits per heavy atom. The number of hydrogen-bond donors (Lipinski definition) is 0. The molecule has 27 heavy (non-hydrogen) atoms. The van der Waals surface area contributed by atoms with Gasteiger partial charge in [-0.1, -0.05) is 66.7 Å². The van der Waals surface area contributed by atoms with Crippen LogP contribution in [0.3, 0.4) is 0 Å². The Bertz CT molecular complexity index is 1040. The third-order valence-electron chi connectivity index (χ3n) is 4.51. The summed E-state index contributed by atoms with van der Waals surface area (Å²) >= 11 is 0. The number of fused-ring (bicyclic) bond motifs is 1. The Balaban J connectivity index is 1.83. The predicted molar refractivity (Wildman–Crippen MR) is 107 cm³/mol. The van der Waals surface area contributed by atoms with E-state index in [9.17, 15) is 0 Å². The van der Waals surface area contributed by atoms with Crippen LogP contribution in [0.15, 0.2) is 78.9 Å². The molecule has 0 saturated carbocycles. The minimum atomic E-state index is -0.578. The number of methoxy groups -OCH3 is 2. The van der Waals surface area contributed by atoms with Gasteiger partial charge in [0, 0.05) is 19.8 Å². The summed E-state index contributed by atoms with van der Waals surface area (Å²) in [6, 6.07) is 26.4. The molecule has 0 aliphatic rings. The minimum absolute atomic E-state index is 0.578. The van der Waals surface area contributed by atoms with E-state index in [1.165, 1.54) is 5.56 Å². The number of rotatable bonds is 5. The van der Waals surface area contributed by atoms with Crippen LogP contribution < -0.4 is 0 Å². The summed E-state index contributed by atoms with van der Waals surface area (Å²) in [5.41, 5.74) is 6.41. The molecule has 4 nitrogen and oxygen atoms in total. The minimum Gasteiger partial charge on any atom is -0.350 e. The Morgan fingerprint density at radius 1 is 0.593 bits per heavy atom. The highest BCUT2D eigenvalue weighted by molar-refractivity contribution is 5.79. The lowest BCUT2D eigenvalue weighted by Gasteiger charge is -2.17. The molecular weight excluding hydrogens is 336 g/mol. The zero-order chi connectivity index (χ0) is 18.6. The van der Waals surface area contributed by atoms with Gasteiger partial charge in [-0.25, -0.2) is 9.97 Å². The maximum atomic E-state index is 5.46. The van der Waals surface area contributed by atoms with Gasteiger partial charge < -0.3 is 9.47 Å². The van der Waals surface area contributed by atoms with E-state index in [1.807, 2.05) is 42.5 Å². The number of nitrogens with zero attached hydrogens (tertiary/aromatic N) is 2. The van der Waals surface area contributed by atoms with Crippen molar-refractivity contribution in [2.24, 2.45) is 0 Å². The first kappa shape index (κ1) is 17.3. The summed E-state index contributed by atoms with van der Waals surface area (Å²) in [4.78, 5) is 9.60. The average Bonchev–Trinajstić information content (AvgIpc) is 2.75. The van der Waals surface area contributed by atoms with Gasteiger partial charge in [-0.2, -0.15) is 0 Å². The molecule has 1 aromatic heterocycles. The summed E-state index contributed by atoms with van der Waals surface area (Å²) < 4.78 is 10.9. The summed E-state index contributed by atoms with van der Waals surface area (Å²) in [6.45, 7) is 0. The SMILES string of the molecule is COC(OC)c1nc2ccccc2nc1-c1ccc(-c2ccccc2)cc1. The van der Waals surface area contributed by atoms with E-state index in [-0.39, 0.29) is 0 Å². The second kappa shape index (κ2) is 7.66. The van der Waals surface area contributed by atoms with Crippen molar-refractivity contribution in [1.29, 1.82) is 0 Å². The highest BCUT2D eigenvalue weighted by Gasteiger charge is 2.20. The fourth-order valence-electron chi connectivity index (χ4n) is 3.16. The van der Waals surface area contributed by atoms with Crippen molar-refractivity contribution in [3.63, 3.8) is 0 Å². The molecule has 0 unspecified atom stereocenters. The monoisotopic (exact) mass is 356 g/mol. The van der Waals surface area contributed by atoms with Crippen LogP contribution in [0.1, 0.15) is 12.0 Å². The first-order valence-electron chi connectivity index (χ1n) is 8.78. The van der Waals surface area contributed by atoms with Gasteiger partial charge in [-0.3, -0.25) is 0 Å². The zero-order valence-corrected chi connectivity index (χ0v) is 15.3. The number of hydrogen-bond acceptors (Lipinski definition) is 4. The smallest absolute Gasteiger partial charge is 0.202 e. The van der Waals surface area contributed by atoms with E-state index >= 15 is 0 Å². The molecule has 0 N–H and O–H groups in total. The largest absolute Gasteiger partial charge is 0.350 e. The van der Waals surface area contributed by atoms with E-state index in [0.29, 0.717) is 5.69 Å². The van der Waals surface area contributed by atoms with Crippen molar-refractivity contribution in [3.8, 4) is 22.4 Å². The topological polar surface area (TPSA) is 44.2 Å². The molecule has 0 radical (unpaired) electrons. The summed E-state index contributed by atoms with van der Waals surface area (Å²) in [6.07, 6.45) is -0.578. The lowest BCUT2D eigenvalue weighted by molar-refractivity contribution is -0.108. The molecule has 1 heterocycles. The van der Waals surface area contributed by atoms with Gasteiger partial charge in [0.25, 0.3) is 0 Å². The van der Waals surface area contributed by atoms with Crippen LogP contribution in [0.5, 0.6) is 0 Å².